The molecule has 0 aromatic heterocycles. The van der Waals surface area contributed by atoms with Crippen LogP contribution in [-0.4, -0.2) is 22.2 Å². The van der Waals surface area contributed by atoms with Crippen molar-refractivity contribution in [2.75, 3.05) is 0 Å². The molecule has 0 bridgehead atoms. The normalized spacial score (nSPS) is 10.6. The molecule has 0 aliphatic heterocycles. The summed E-state index contributed by atoms with van der Waals surface area (Å²) in [5.74, 6) is -1.33. The van der Waals surface area contributed by atoms with Crippen LogP contribution < -0.4 is 4.74 Å². The first-order valence-electron chi connectivity index (χ1n) is 6.51. The summed E-state index contributed by atoms with van der Waals surface area (Å²) < 4.78 is 5.06. The van der Waals surface area contributed by atoms with Crippen LogP contribution in [-0.2, 0) is 11.4 Å². The van der Waals surface area contributed by atoms with Crippen LogP contribution in [0.15, 0.2) is 54.6 Å². The fraction of sp³-hybridized carbons (Fsp3) is 0.0588. The Bertz CT molecular complexity index is 684. The number of aliphatic hydroxyl groups excluding tert-OH is 1. The molecule has 0 radical (unpaired) electrons. The smallest absolute Gasteiger partial charge is 0.336 e. The van der Waals surface area contributed by atoms with E-state index in [1.54, 1.807) is 30.3 Å². The first-order chi connectivity index (χ1) is 10.6. The molecule has 2 rings (SSSR count). The van der Waals surface area contributed by atoms with Gasteiger partial charge < -0.3 is 14.9 Å². The lowest BCUT2D eigenvalue weighted by atomic mass is 10.1. The molecule has 2 N–H and O–H groups in total. The van der Waals surface area contributed by atoms with Crippen molar-refractivity contribution in [1.82, 2.24) is 0 Å². The predicted octanol–water partition coefficient (Wildman–Crippen LogP) is 2.50. The van der Waals surface area contributed by atoms with Crippen LogP contribution in [0.4, 0.5) is 0 Å². The molecular weight excluding hydrogens is 284 g/mol. The van der Waals surface area contributed by atoms with E-state index in [9.17, 15) is 9.59 Å². The van der Waals surface area contributed by atoms with Crippen LogP contribution in [0.25, 0.3) is 6.08 Å². The molecule has 22 heavy (non-hydrogen) atoms. The summed E-state index contributed by atoms with van der Waals surface area (Å²) in [4.78, 5) is 22.4. The zero-order chi connectivity index (χ0) is 15.9. The van der Waals surface area contributed by atoms with E-state index in [0.717, 1.165) is 11.1 Å². The predicted molar refractivity (Wildman–Crippen MR) is 80.4 cm³/mol. The number of aliphatic hydroxyl groups is 1. The maximum atomic E-state index is 11.7. The van der Waals surface area contributed by atoms with Crippen LogP contribution in [0, 0.1) is 0 Å². The summed E-state index contributed by atoms with van der Waals surface area (Å²) in [6.07, 6.45) is 2.87. The molecule has 2 aromatic rings. The third-order valence-electron chi connectivity index (χ3n) is 2.89. The quantitative estimate of drug-likeness (QED) is 0.503. The maximum Gasteiger partial charge on any atom is 0.336 e. The van der Waals surface area contributed by atoms with Crippen LogP contribution in [0.3, 0.4) is 0 Å². The Morgan fingerprint density at radius 3 is 2.18 bits per heavy atom. The Hall–Kier alpha value is -2.92. The zero-order valence-corrected chi connectivity index (χ0v) is 11.6. The second kappa shape index (κ2) is 7.19. The van der Waals surface area contributed by atoms with E-state index in [4.69, 9.17) is 14.9 Å². The highest BCUT2D eigenvalue weighted by molar-refractivity contribution is 5.89. The Labute approximate surface area is 127 Å². The molecule has 0 aliphatic rings. The number of hydrogen-bond acceptors (Lipinski definition) is 4. The number of benzene rings is 2. The highest BCUT2D eigenvalue weighted by atomic mass is 16.5. The van der Waals surface area contributed by atoms with Gasteiger partial charge >= 0.3 is 11.9 Å². The Balaban J connectivity index is 1.96. The number of ether oxygens (including phenoxy) is 1. The Kier molecular flexibility index (Phi) is 5.06. The zero-order valence-electron chi connectivity index (χ0n) is 11.6. The lowest BCUT2D eigenvalue weighted by Gasteiger charge is -2.01. The molecule has 112 valence electrons. The van der Waals surface area contributed by atoms with Crippen LogP contribution in [0.5, 0.6) is 5.75 Å². The van der Waals surface area contributed by atoms with Gasteiger partial charge in [-0.05, 0) is 41.5 Å². The van der Waals surface area contributed by atoms with Crippen molar-refractivity contribution in [3.05, 3.63) is 71.3 Å². The monoisotopic (exact) mass is 298 g/mol. The molecule has 0 spiro atoms. The fourth-order valence-electron chi connectivity index (χ4n) is 1.71. The average Bonchev–Trinajstić information content (AvgIpc) is 2.54. The second-order valence-corrected chi connectivity index (χ2v) is 4.48. The molecule has 0 aliphatic carbocycles. The summed E-state index contributed by atoms with van der Waals surface area (Å²) in [5.41, 5.74) is 1.72. The van der Waals surface area contributed by atoms with Gasteiger partial charge in [0.1, 0.15) is 5.75 Å². The number of hydrogen-bond donors (Lipinski definition) is 2. The van der Waals surface area contributed by atoms with Gasteiger partial charge in [0, 0.05) is 6.08 Å². The average molecular weight is 298 g/mol. The highest BCUT2D eigenvalue weighted by Gasteiger charge is 2.04. The van der Waals surface area contributed by atoms with Gasteiger partial charge in [-0.1, -0.05) is 24.3 Å². The number of esters is 1. The summed E-state index contributed by atoms with van der Waals surface area (Å²) in [5, 5.41) is 17.7. The third-order valence-corrected chi connectivity index (χ3v) is 2.89. The number of carboxylic acid groups (broad SMARTS) is 1. The Morgan fingerprint density at radius 2 is 1.64 bits per heavy atom. The van der Waals surface area contributed by atoms with E-state index in [2.05, 4.69) is 0 Å². The van der Waals surface area contributed by atoms with E-state index in [1.807, 2.05) is 0 Å². The molecule has 2 aromatic carbocycles. The van der Waals surface area contributed by atoms with Crippen molar-refractivity contribution in [3.8, 4) is 5.75 Å². The summed E-state index contributed by atoms with van der Waals surface area (Å²) in [6.45, 7) is -0.0294. The molecular formula is C17H14O5. The van der Waals surface area contributed by atoms with Gasteiger partial charge in [-0.3, -0.25) is 0 Å². The highest BCUT2D eigenvalue weighted by Crippen LogP contribution is 2.13. The van der Waals surface area contributed by atoms with Crippen molar-refractivity contribution in [2.24, 2.45) is 0 Å². The van der Waals surface area contributed by atoms with Gasteiger partial charge in [0.15, 0.2) is 0 Å². The first-order valence-corrected chi connectivity index (χ1v) is 6.51. The topological polar surface area (TPSA) is 83.8 Å². The molecule has 0 saturated heterocycles. The lowest BCUT2D eigenvalue weighted by molar-refractivity contribution is -0.128. The molecule has 5 heteroatoms. The minimum absolute atomic E-state index is 0.0294. The van der Waals surface area contributed by atoms with Crippen molar-refractivity contribution in [3.63, 3.8) is 0 Å². The third kappa shape index (κ3) is 4.29. The molecule has 0 amide bonds. The number of carboxylic acids is 1. The van der Waals surface area contributed by atoms with Crippen LogP contribution in [0.1, 0.15) is 21.5 Å². The van der Waals surface area contributed by atoms with E-state index < -0.39 is 11.9 Å². The SMILES string of the molecule is O=C(C=Cc1ccc(CO)cc1)Oc1ccc(C(=O)O)cc1. The van der Waals surface area contributed by atoms with Crippen molar-refractivity contribution in [1.29, 1.82) is 0 Å². The van der Waals surface area contributed by atoms with Crippen molar-refractivity contribution < 1.29 is 24.5 Å². The maximum absolute atomic E-state index is 11.7. The molecule has 0 heterocycles. The minimum atomic E-state index is -1.04. The summed E-state index contributed by atoms with van der Waals surface area (Å²) in [6, 6.07) is 12.6. The van der Waals surface area contributed by atoms with Crippen LogP contribution >= 0.6 is 0 Å². The number of carbonyl (C=O) groups excluding carboxylic acids is 1. The van der Waals surface area contributed by atoms with Gasteiger partial charge in [-0.15, -0.1) is 0 Å². The molecule has 0 fully saturated rings. The van der Waals surface area contributed by atoms with E-state index in [-0.39, 0.29) is 17.9 Å². The first kappa shape index (κ1) is 15.5. The van der Waals surface area contributed by atoms with Gasteiger partial charge in [0.25, 0.3) is 0 Å². The van der Waals surface area contributed by atoms with Gasteiger partial charge in [0.05, 0.1) is 12.2 Å². The molecule has 5 nitrogen and oxygen atoms in total. The molecule has 0 atom stereocenters. The molecule has 0 unspecified atom stereocenters. The van der Waals surface area contributed by atoms with Gasteiger partial charge in [-0.25, -0.2) is 9.59 Å². The fourth-order valence-corrected chi connectivity index (χ4v) is 1.71. The second-order valence-electron chi connectivity index (χ2n) is 4.48. The Morgan fingerprint density at radius 1 is 1.00 bits per heavy atom. The lowest BCUT2D eigenvalue weighted by Crippen LogP contribution is -2.04. The van der Waals surface area contributed by atoms with Crippen molar-refractivity contribution >= 4 is 18.0 Å². The number of carbonyl (C=O) groups is 2. The number of aromatic carboxylic acids is 1. The standard InChI is InChI=1S/C17H14O5/c18-11-13-3-1-12(2-4-13)5-10-16(19)22-15-8-6-14(7-9-15)17(20)21/h1-10,18H,11H2,(H,20,21). The molecule has 0 saturated carbocycles. The van der Waals surface area contributed by atoms with E-state index >= 15 is 0 Å². The number of rotatable bonds is 5. The minimum Gasteiger partial charge on any atom is -0.478 e. The summed E-state index contributed by atoms with van der Waals surface area (Å²) in [7, 11) is 0. The van der Waals surface area contributed by atoms with Gasteiger partial charge in [-0.2, -0.15) is 0 Å². The largest absolute Gasteiger partial charge is 0.478 e. The summed E-state index contributed by atoms with van der Waals surface area (Å²) >= 11 is 0. The van der Waals surface area contributed by atoms with Gasteiger partial charge in [0.2, 0.25) is 0 Å². The van der Waals surface area contributed by atoms with Crippen molar-refractivity contribution in [2.45, 2.75) is 6.61 Å². The van der Waals surface area contributed by atoms with Crippen LogP contribution in [0.2, 0.25) is 0 Å². The van der Waals surface area contributed by atoms with E-state index in [0.29, 0.717) is 0 Å². The van der Waals surface area contributed by atoms with E-state index in [1.165, 1.54) is 30.3 Å².